The second-order valence-electron chi connectivity index (χ2n) is 5.07. The minimum absolute atomic E-state index is 0.426. The molecule has 2 atom stereocenters. The third-order valence-corrected chi connectivity index (χ3v) is 3.87. The first-order valence-corrected chi connectivity index (χ1v) is 7.17. The summed E-state index contributed by atoms with van der Waals surface area (Å²) in [5.41, 5.74) is 0.892. The van der Waals surface area contributed by atoms with Crippen molar-refractivity contribution in [3.8, 4) is 5.75 Å². The fourth-order valence-corrected chi connectivity index (χ4v) is 2.43. The quantitative estimate of drug-likeness (QED) is 0.758. The Hall–Kier alpha value is -1.06. The lowest BCUT2D eigenvalue weighted by Crippen LogP contribution is -2.35. The van der Waals surface area contributed by atoms with Gasteiger partial charge in [-0.3, -0.25) is 0 Å². The second kappa shape index (κ2) is 8.18. The van der Waals surface area contributed by atoms with Crippen LogP contribution in [0.4, 0.5) is 0 Å². The molecule has 0 aliphatic heterocycles. The van der Waals surface area contributed by atoms with Crippen LogP contribution in [0.25, 0.3) is 0 Å². The number of ether oxygens (including phenoxy) is 1. The SMILES string of the molecule is CCC(CC)C(C)NCC(O)c1cccc(OC)c1. The molecule has 0 spiro atoms. The van der Waals surface area contributed by atoms with Gasteiger partial charge in [-0.05, 0) is 30.5 Å². The van der Waals surface area contributed by atoms with Crippen LogP contribution < -0.4 is 10.1 Å². The highest BCUT2D eigenvalue weighted by Gasteiger charge is 2.15. The number of aliphatic hydroxyl groups excluding tert-OH is 1. The average Bonchev–Trinajstić information content (AvgIpc) is 2.46. The lowest BCUT2D eigenvalue weighted by molar-refractivity contribution is 0.164. The number of hydrogen-bond acceptors (Lipinski definition) is 3. The molecule has 0 aliphatic carbocycles. The van der Waals surface area contributed by atoms with Gasteiger partial charge < -0.3 is 15.2 Å². The van der Waals surface area contributed by atoms with Gasteiger partial charge in [0, 0.05) is 12.6 Å². The van der Waals surface area contributed by atoms with E-state index in [0.29, 0.717) is 18.5 Å². The molecule has 2 N–H and O–H groups in total. The fourth-order valence-electron chi connectivity index (χ4n) is 2.43. The predicted octanol–water partition coefficient (Wildman–Crippen LogP) is 3.14. The van der Waals surface area contributed by atoms with Crippen molar-refractivity contribution in [1.82, 2.24) is 5.32 Å². The number of methoxy groups -OCH3 is 1. The number of aliphatic hydroxyl groups is 1. The molecule has 1 rings (SSSR count). The van der Waals surface area contributed by atoms with E-state index in [4.69, 9.17) is 4.74 Å². The number of benzene rings is 1. The molecule has 2 unspecified atom stereocenters. The normalized spacial score (nSPS) is 14.4. The van der Waals surface area contributed by atoms with Gasteiger partial charge in [0.05, 0.1) is 13.2 Å². The molecule has 1 aromatic carbocycles. The van der Waals surface area contributed by atoms with Gasteiger partial charge in [0.25, 0.3) is 0 Å². The van der Waals surface area contributed by atoms with Crippen molar-refractivity contribution in [3.05, 3.63) is 29.8 Å². The fraction of sp³-hybridized carbons (Fsp3) is 0.625. The van der Waals surface area contributed by atoms with E-state index in [-0.39, 0.29) is 0 Å². The number of nitrogens with one attached hydrogen (secondary N) is 1. The van der Waals surface area contributed by atoms with E-state index >= 15 is 0 Å². The topological polar surface area (TPSA) is 41.5 Å². The molecule has 0 heterocycles. The lowest BCUT2D eigenvalue weighted by atomic mass is 9.95. The standard InChI is InChI=1S/C16H27NO2/c1-5-13(6-2)12(3)17-11-16(18)14-8-7-9-15(10-14)19-4/h7-10,12-13,16-18H,5-6,11H2,1-4H3. The molecule has 0 aromatic heterocycles. The molecular weight excluding hydrogens is 238 g/mol. The van der Waals surface area contributed by atoms with Gasteiger partial charge >= 0.3 is 0 Å². The van der Waals surface area contributed by atoms with Gasteiger partial charge in [0.2, 0.25) is 0 Å². The lowest BCUT2D eigenvalue weighted by Gasteiger charge is -2.24. The van der Waals surface area contributed by atoms with Gasteiger partial charge in [0.1, 0.15) is 5.75 Å². The second-order valence-corrected chi connectivity index (χ2v) is 5.07. The van der Waals surface area contributed by atoms with Crippen molar-refractivity contribution in [2.45, 2.75) is 45.8 Å². The largest absolute Gasteiger partial charge is 0.497 e. The van der Waals surface area contributed by atoms with Gasteiger partial charge in [0.15, 0.2) is 0 Å². The van der Waals surface area contributed by atoms with Crippen molar-refractivity contribution < 1.29 is 9.84 Å². The molecule has 3 heteroatoms. The Kier molecular flexibility index (Phi) is 6.89. The molecule has 0 aliphatic rings. The summed E-state index contributed by atoms with van der Waals surface area (Å²) in [5, 5.41) is 13.6. The minimum Gasteiger partial charge on any atom is -0.497 e. The van der Waals surface area contributed by atoms with E-state index < -0.39 is 6.10 Å². The summed E-state index contributed by atoms with van der Waals surface area (Å²) in [6.45, 7) is 7.19. The van der Waals surface area contributed by atoms with Gasteiger partial charge in [-0.25, -0.2) is 0 Å². The monoisotopic (exact) mass is 265 g/mol. The van der Waals surface area contributed by atoms with Crippen molar-refractivity contribution in [3.63, 3.8) is 0 Å². The van der Waals surface area contributed by atoms with E-state index in [1.807, 2.05) is 24.3 Å². The van der Waals surface area contributed by atoms with Crippen LogP contribution in [0.1, 0.15) is 45.3 Å². The van der Waals surface area contributed by atoms with Gasteiger partial charge in [-0.1, -0.05) is 38.8 Å². The van der Waals surface area contributed by atoms with Crippen molar-refractivity contribution >= 4 is 0 Å². The van der Waals surface area contributed by atoms with Gasteiger partial charge in [-0.15, -0.1) is 0 Å². The third-order valence-electron chi connectivity index (χ3n) is 3.87. The summed E-state index contributed by atoms with van der Waals surface area (Å²) >= 11 is 0. The first kappa shape index (κ1) is 16.0. The summed E-state index contributed by atoms with van der Waals surface area (Å²) < 4.78 is 5.17. The molecule has 3 nitrogen and oxygen atoms in total. The van der Waals surface area contributed by atoms with Crippen LogP contribution >= 0.6 is 0 Å². The summed E-state index contributed by atoms with van der Waals surface area (Å²) in [6.07, 6.45) is 1.84. The maximum absolute atomic E-state index is 10.2. The third kappa shape index (κ3) is 4.84. The summed E-state index contributed by atoms with van der Waals surface area (Å²) in [6, 6.07) is 8.03. The first-order valence-electron chi connectivity index (χ1n) is 7.17. The van der Waals surface area contributed by atoms with E-state index in [1.54, 1.807) is 7.11 Å². The molecule has 108 valence electrons. The minimum atomic E-state index is -0.494. The molecule has 0 fully saturated rings. The molecule has 0 bridgehead atoms. The zero-order valence-electron chi connectivity index (χ0n) is 12.5. The Balaban J connectivity index is 2.52. The van der Waals surface area contributed by atoms with E-state index in [0.717, 1.165) is 11.3 Å². The van der Waals surface area contributed by atoms with Crippen LogP contribution in [0.15, 0.2) is 24.3 Å². The highest BCUT2D eigenvalue weighted by atomic mass is 16.5. The highest BCUT2D eigenvalue weighted by Crippen LogP contribution is 2.19. The highest BCUT2D eigenvalue weighted by molar-refractivity contribution is 5.29. The zero-order chi connectivity index (χ0) is 14.3. The predicted molar refractivity (Wildman–Crippen MR) is 79.5 cm³/mol. The molecular formula is C16H27NO2. The smallest absolute Gasteiger partial charge is 0.119 e. The van der Waals surface area contributed by atoms with Crippen LogP contribution in [0.3, 0.4) is 0 Å². The van der Waals surface area contributed by atoms with Gasteiger partial charge in [-0.2, -0.15) is 0 Å². The Morgan fingerprint density at radius 2 is 1.95 bits per heavy atom. The van der Waals surface area contributed by atoms with Crippen LogP contribution in [0.2, 0.25) is 0 Å². The summed E-state index contributed by atoms with van der Waals surface area (Å²) in [4.78, 5) is 0. The van der Waals surface area contributed by atoms with Crippen LogP contribution in [0, 0.1) is 5.92 Å². The van der Waals surface area contributed by atoms with E-state index in [9.17, 15) is 5.11 Å². The molecule has 1 aromatic rings. The zero-order valence-corrected chi connectivity index (χ0v) is 12.5. The van der Waals surface area contributed by atoms with E-state index in [2.05, 4.69) is 26.1 Å². The van der Waals surface area contributed by atoms with E-state index in [1.165, 1.54) is 12.8 Å². The number of rotatable bonds is 8. The molecule has 19 heavy (non-hydrogen) atoms. The Morgan fingerprint density at radius 3 is 2.53 bits per heavy atom. The average molecular weight is 265 g/mol. The summed E-state index contributed by atoms with van der Waals surface area (Å²) in [7, 11) is 1.64. The first-order chi connectivity index (χ1) is 9.12. The van der Waals surface area contributed by atoms with Crippen molar-refractivity contribution in [1.29, 1.82) is 0 Å². The molecule has 0 radical (unpaired) electrons. The molecule has 0 saturated heterocycles. The number of hydrogen-bond donors (Lipinski definition) is 2. The van der Waals surface area contributed by atoms with Crippen molar-refractivity contribution in [2.75, 3.05) is 13.7 Å². The van der Waals surface area contributed by atoms with Crippen molar-refractivity contribution in [2.24, 2.45) is 5.92 Å². The summed E-state index contributed by atoms with van der Waals surface area (Å²) in [5.74, 6) is 1.45. The molecule has 0 amide bonds. The Morgan fingerprint density at radius 1 is 1.26 bits per heavy atom. The maximum Gasteiger partial charge on any atom is 0.119 e. The Bertz CT molecular complexity index is 364. The maximum atomic E-state index is 10.2. The van der Waals surface area contributed by atoms with Crippen LogP contribution in [0.5, 0.6) is 5.75 Å². The Labute approximate surface area is 117 Å². The van der Waals surface area contributed by atoms with Crippen LogP contribution in [-0.2, 0) is 0 Å². The van der Waals surface area contributed by atoms with Crippen LogP contribution in [-0.4, -0.2) is 24.8 Å². The molecule has 0 saturated carbocycles.